The molecule has 3 nitrogen and oxygen atoms in total. The third-order valence-corrected chi connectivity index (χ3v) is 5.89. The van der Waals surface area contributed by atoms with Crippen molar-refractivity contribution in [3.05, 3.63) is 0 Å². The predicted molar refractivity (Wildman–Crippen MR) is 80.8 cm³/mol. The molecule has 2 atom stereocenters. The molecule has 2 aliphatic rings. The number of carbonyl (C=O) groups excluding carboxylic acids is 1. The molecule has 2 fully saturated rings. The number of hydrogen-bond acceptors (Lipinski definition) is 3. The number of nitrogens with one attached hydrogen (secondary N) is 1. The van der Waals surface area contributed by atoms with Gasteiger partial charge in [0.1, 0.15) is 0 Å². The van der Waals surface area contributed by atoms with Gasteiger partial charge in [0.25, 0.3) is 0 Å². The van der Waals surface area contributed by atoms with Crippen molar-refractivity contribution in [3.63, 3.8) is 0 Å². The fourth-order valence-corrected chi connectivity index (χ4v) is 4.05. The first-order valence-corrected chi connectivity index (χ1v) is 8.42. The highest BCUT2D eigenvalue weighted by atomic mass is 32.2. The average Bonchev–Trinajstić information content (AvgIpc) is 2.27. The van der Waals surface area contributed by atoms with Gasteiger partial charge in [0.2, 0.25) is 5.91 Å². The normalized spacial score (nSPS) is 30.3. The van der Waals surface area contributed by atoms with Crippen LogP contribution in [0.3, 0.4) is 0 Å². The molecule has 0 heterocycles. The van der Waals surface area contributed by atoms with E-state index in [2.05, 4.69) is 11.6 Å². The molecule has 0 aromatic carbocycles. The van der Waals surface area contributed by atoms with E-state index in [1.54, 1.807) is 0 Å². The Kier molecular flexibility index (Phi) is 4.54. The van der Waals surface area contributed by atoms with E-state index >= 15 is 0 Å². The summed E-state index contributed by atoms with van der Waals surface area (Å²) in [5, 5.41) is 3.87. The van der Waals surface area contributed by atoms with Crippen LogP contribution in [0.1, 0.15) is 44.9 Å². The summed E-state index contributed by atoms with van der Waals surface area (Å²) in [5.41, 5.74) is 5.23. The van der Waals surface area contributed by atoms with Gasteiger partial charge in [0.05, 0.1) is 10.4 Å². The van der Waals surface area contributed by atoms with E-state index < -0.39 is 5.41 Å². The van der Waals surface area contributed by atoms with E-state index in [9.17, 15) is 4.79 Å². The van der Waals surface area contributed by atoms with Gasteiger partial charge in [-0.25, -0.2) is 0 Å². The molecule has 0 spiro atoms. The van der Waals surface area contributed by atoms with Crippen molar-refractivity contribution in [1.29, 1.82) is 0 Å². The highest BCUT2D eigenvalue weighted by Crippen LogP contribution is 2.42. The Balaban J connectivity index is 1.92. The van der Waals surface area contributed by atoms with Gasteiger partial charge in [-0.05, 0) is 38.4 Å². The minimum Gasteiger partial charge on any atom is -0.392 e. The van der Waals surface area contributed by atoms with Gasteiger partial charge < -0.3 is 11.1 Å². The van der Waals surface area contributed by atoms with Crippen LogP contribution in [0.25, 0.3) is 0 Å². The molecule has 18 heavy (non-hydrogen) atoms. The van der Waals surface area contributed by atoms with Gasteiger partial charge in [-0.3, -0.25) is 4.79 Å². The molecule has 0 saturated heterocycles. The predicted octanol–water partition coefficient (Wildman–Crippen LogP) is 2.23. The number of amides is 1. The summed E-state index contributed by atoms with van der Waals surface area (Å²) in [7, 11) is 0. The van der Waals surface area contributed by atoms with Crippen LogP contribution < -0.4 is 11.1 Å². The maximum Gasteiger partial charge on any atom is 0.233 e. The van der Waals surface area contributed by atoms with Crippen molar-refractivity contribution in [2.75, 3.05) is 6.26 Å². The van der Waals surface area contributed by atoms with Crippen LogP contribution in [0.4, 0.5) is 0 Å². The molecule has 2 unspecified atom stereocenters. The molecule has 2 aliphatic carbocycles. The lowest BCUT2D eigenvalue weighted by atomic mass is 9.67. The molecule has 0 aliphatic heterocycles. The smallest absolute Gasteiger partial charge is 0.233 e. The quantitative estimate of drug-likeness (QED) is 0.778. The number of rotatable bonds is 4. The SMILES string of the molecule is CSC1CCCC(NC(=O)C2(C(N)=S)CCC2)C1. The first-order chi connectivity index (χ1) is 8.58. The molecule has 2 saturated carbocycles. The van der Waals surface area contributed by atoms with E-state index in [0.29, 0.717) is 16.3 Å². The fourth-order valence-electron chi connectivity index (χ4n) is 2.93. The third-order valence-electron chi connectivity index (χ3n) is 4.41. The van der Waals surface area contributed by atoms with Gasteiger partial charge in [-0.2, -0.15) is 11.8 Å². The minimum atomic E-state index is -0.526. The molecular formula is C13H22N2OS2. The Labute approximate surface area is 119 Å². The highest BCUT2D eigenvalue weighted by molar-refractivity contribution is 7.99. The third kappa shape index (κ3) is 2.67. The number of carbonyl (C=O) groups is 1. The van der Waals surface area contributed by atoms with E-state index in [1.807, 2.05) is 11.8 Å². The standard InChI is InChI=1S/C13H22N2OS2/c1-18-10-5-2-4-9(8-10)15-12(16)13(11(14)17)6-3-7-13/h9-10H,2-8H2,1H3,(H2,14,17)(H,15,16). The molecule has 2 rings (SSSR count). The summed E-state index contributed by atoms with van der Waals surface area (Å²) in [6.07, 6.45) is 9.51. The number of hydrogen-bond donors (Lipinski definition) is 2. The Morgan fingerprint density at radius 3 is 2.61 bits per heavy atom. The minimum absolute atomic E-state index is 0.0769. The van der Waals surface area contributed by atoms with Crippen LogP contribution in [0.2, 0.25) is 0 Å². The fraction of sp³-hybridized carbons (Fsp3) is 0.846. The Hall–Kier alpha value is -0.290. The molecule has 0 bridgehead atoms. The van der Waals surface area contributed by atoms with E-state index in [4.69, 9.17) is 18.0 Å². The van der Waals surface area contributed by atoms with Crippen molar-refractivity contribution in [3.8, 4) is 0 Å². The van der Waals surface area contributed by atoms with E-state index in [1.165, 1.54) is 12.8 Å². The van der Waals surface area contributed by atoms with Crippen molar-refractivity contribution in [1.82, 2.24) is 5.32 Å². The summed E-state index contributed by atoms with van der Waals surface area (Å²) in [6.45, 7) is 0. The van der Waals surface area contributed by atoms with Gasteiger partial charge in [-0.15, -0.1) is 0 Å². The molecule has 1 amide bonds. The van der Waals surface area contributed by atoms with Crippen molar-refractivity contribution >= 4 is 34.9 Å². The zero-order valence-corrected chi connectivity index (χ0v) is 12.5. The lowest BCUT2D eigenvalue weighted by molar-refractivity contribution is -0.131. The van der Waals surface area contributed by atoms with Gasteiger partial charge >= 0.3 is 0 Å². The largest absolute Gasteiger partial charge is 0.392 e. The molecule has 102 valence electrons. The molecular weight excluding hydrogens is 264 g/mol. The number of nitrogens with two attached hydrogens (primary N) is 1. The summed E-state index contributed by atoms with van der Waals surface area (Å²) < 4.78 is 0. The molecule has 5 heteroatoms. The maximum absolute atomic E-state index is 12.4. The van der Waals surface area contributed by atoms with Gasteiger partial charge in [-0.1, -0.05) is 25.1 Å². The van der Waals surface area contributed by atoms with E-state index in [0.717, 1.165) is 32.1 Å². The first kappa shape index (κ1) is 14.1. The lowest BCUT2D eigenvalue weighted by Gasteiger charge is -2.41. The Morgan fingerprint density at radius 2 is 2.11 bits per heavy atom. The zero-order chi connectivity index (χ0) is 13.2. The first-order valence-electron chi connectivity index (χ1n) is 6.72. The van der Waals surface area contributed by atoms with E-state index in [-0.39, 0.29) is 5.91 Å². The summed E-state index contributed by atoms with van der Waals surface area (Å²) in [5.74, 6) is 0.0769. The van der Waals surface area contributed by atoms with Gasteiger partial charge in [0, 0.05) is 11.3 Å². The zero-order valence-electron chi connectivity index (χ0n) is 10.9. The van der Waals surface area contributed by atoms with Crippen LogP contribution in [-0.2, 0) is 4.79 Å². The summed E-state index contributed by atoms with van der Waals surface area (Å²) >= 11 is 6.99. The lowest BCUT2D eigenvalue weighted by Crippen LogP contribution is -2.55. The van der Waals surface area contributed by atoms with Crippen molar-refractivity contribution in [2.24, 2.45) is 11.1 Å². The van der Waals surface area contributed by atoms with Crippen LogP contribution in [0, 0.1) is 5.41 Å². The van der Waals surface area contributed by atoms with Crippen molar-refractivity contribution in [2.45, 2.75) is 56.2 Å². The second-order valence-corrected chi connectivity index (χ2v) is 7.07. The Morgan fingerprint density at radius 1 is 1.39 bits per heavy atom. The van der Waals surface area contributed by atoms with Crippen LogP contribution in [0.5, 0.6) is 0 Å². The molecule has 3 N–H and O–H groups in total. The molecule has 0 radical (unpaired) electrons. The number of thioether (sulfide) groups is 1. The maximum atomic E-state index is 12.4. The van der Waals surface area contributed by atoms with Crippen LogP contribution >= 0.6 is 24.0 Å². The second-order valence-electron chi connectivity index (χ2n) is 5.49. The van der Waals surface area contributed by atoms with Crippen LogP contribution in [0.15, 0.2) is 0 Å². The second kappa shape index (κ2) is 5.78. The van der Waals surface area contributed by atoms with Gasteiger partial charge in [0.15, 0.2) is 0 Å². The molecule has 0 aromatic heterocycles. The summed E-state index contributed by atoms with van der Waals surface area (Å²) in [6, 6.07) is 0.315. The highest BCUT2D eigenvalue weighted by Gasteiger charge is 2.47. The topological polar surface area (TPSA) is 55.1 Å². The van der Waals surface area contributed by atoms with Crippen LogP contribution in [-0.4, -0.2) is 28.4 Å². The Bertz CT molecular complexity index is 342. The molecule has 0 aromatic rings. The average molecular weight is 286 g/mol. The van der Waals surface area contributed by atoms with Crippen molar-refractivity contribution < 1.29 is 4.79 Å². The monoisotopic (exact) mass is 286 g/mol. The summed E-state index contributed by atoms with van der Waals surface area (Å²) in [4.78, 5) is 12.7. The number of thiocarbonyl (C=S) groups is 1.